The van der Waals surface area contributed by atoms with E-state index in [-0.39, 0.29) is 0 Å². The van der Waals surface area contributed by atoms with Gasteiger partial charge < -0.3 is 10.2 Å². The molecule has 2 heteroatoms. The fourth-order valence-corrected chi connectivity index (χ4v) is 2.48. The minimum Gasteiger partial charge on any atom is -0.371 e. The second kappa shape index (κ2) is 5.54. The quantitative estimate of drug-likeness (QED) is 0.801. The van der Waals surface area contributed by atoms with Crippen molar-refractivity contribution in [1.29, 1.82) is 0 Å². The first kappa shape index (κ1) is 12.4. The van der Waals surface area contributed by atoms with Gasteiger partial charge in [-0.3, -0.25) is 0 Å². The van der Waals surface area contributed by atoms with E-state index in [1.165, 1.54) is 24.1 Å². The van der Waals surface area contributed by atoms with Crippen LogP contribution in [0.25, 0.3) is 0 Å². The highest BCUT2D eigenvalue weighted by atomic mass is 15.1. The molecule has 0 radical (unpaired) electrons. The smallest absolute Gasteiger partial charge is 0.0366 e. The third-order valence-corrected chi connectivity index (χ3v) is 3.63. The molecule has 0 saturated carbocycles. The molecule has 1 N–H and O–H groups in total. The van der Waals surface area contributed by atoms with Gasteiger partial charge in [0.2, 0.25) is 0 Å². The molecule has 1 fully saturated rings. The van der Waals surface area contributed by atoms with E-state index in [2.05, 4.69) is 55.3 Å². The van der Waals surface area contributed by atoms with Crippen molar-refractivity contribution in [2.24, 2.45) is 0 Å². The summed E-state index contributed by atoms with van der Waals surface area (Å²) in [6, 6.07) is 10.2. The molecule has 2 nitrogen and oxygen atoms in total. The highest BCUT2D eigenvalue weighted by molar-refractivity contribution is 5.47. The highest BCUT2D eigenvalue weighted by Crippen LogP contribution is 2.18. The van der Waals surface area contributed by atoms with Gasteiger partial charge >= 0.3 is 0 Å². The van der Waals surface area contributed by atoms with Gasteiger partial charge in [0.05, 0.1) is 0 Å². The minimum absolute atomic E-state index is 0.623. The summed E-state index contributed by atoms with van der Waals surface area (Å²) in [5, 5.41) is 3.64. The van der Waals surface area contributed by atoms with Gasteiger partial charge in [0.15, 0.2) is 0 Å². The predicted molar refractivity (Wildman–Crippen MR) is 74.7 cm³/mol. The Morgan fingerprint density at radius 1 is 1.00 bits per heavy atom. The van der Waals surface area contributed by atoms with E-state index in [1.807, 2.05) is 0 Å². The summed E-state index contributed by atoms with van der Waals surface area (Å²) in [4.78, 5) is 2.52. The van der Waals surface area contributed by atoms with Crippen molar-refractivity contribution in [1.82, 2.24) is 5.32 Å². The molecule has 1 heterocycles. The standard InChI is InChI=1S/C15H24N2/c1-12-4-6-15(7-5-12)17-10-8-13(2)16-14(3)9-11-17/h4-7,13-14,16H,8-11H2,1-3H3. The molecule has 1 saturated heterocycles. The SMILES string of the molecule is Cc1ccc(N2CCC(C)NC(C)CC2)cc1. The number of hydrogen-bond donors (Lipinski definition) is 1. The van der Waals surface area contributed by atoms with Crippen molar-refractivity contribution in [3.8, 4) is 0 Å². The molecule has 2 atom stereocenters. The fourth-order valence-electron chi connectivity index (χ4n) is 2.48. The van der Waals surface area contributed by atoms with Gasteiger partial charge in [0.1, 0.15) is 0 Å². The molecule has 0 aromatic heterocycles. The zero-order chi connectivity index (χ0) is 12.3. The molecule has 17 heavy (non-hydrogen) atoms. The summed E-state index contributed by atoms with van der Waals surface area (Å²) in [5.41, 5.74) is 2.71. The molecule has 1 aliphatic heterocycles. The maximum atomic E-state index is 3.64. The lowest BCUT2D eigenvalue weighted by Crippen LogP contribution is -2.43. The molecule has 2 rings (SSSR count). The van der Waals surface area contributed by atoms with Crippen LogP contribution in [0.3, 0.4) is 0 Å². The van der Waals surface area contributed by atoms with E-state index in [4.69, 9.17) is 0 Å². The predicted octanol–water partition coefficient (Wildman–Crippen LogP) is 2.96. The van der Waals surface area contributed by atoms with Crippen LogP contribution in [0.1, 0.15) is 32.3 Å². The summed E-state index contributed by atoms with van der Waals surface area (Å²) in [7, 11) is 0. The molecule has 1 aromatic carbocycles. The largest absolute Gasteiger partial charge is 0.371 e. The Morgan fingerprint density at radius 2 is 1.53 bits per heavy atom. The first-order valence-electron chi connectivity index (χ1n) is 6.73. The Hall–Kier alpha value is -1.02. The Morgan fingerprint density at radius 3 is 2.06 bits per heavy atom. The van der Waals surface area contributed by atoms with Crippen LogP contribution in [0, 0.1) is 6.92 Å². The molecule has 0 spiro atoms. The molecule has 0 aliphatic carbocycles. The molecule has 0 amide bonds. The van der Waals surface area contributed by atoms with Crippen LogP contribution in [0.2, 0.25) is 0 Å². The van der Waals surface area contributed by atoms with E-state index >= 15 is 0 Å². The number of hydrogen-bond acceptors (Lipinski definition) is 2. The number of rotatable bonds is 1. The van der Waals surface area contributed by atoms with E-state index in [1.54, 1.807) is 0 Å². The highest BCUT2D eigenvalue weighted by Gasteiger charge is 2.15. The number of nitrogens with zero attached hydrogens (tertiary/aromatic N) is 1. The molecule has 1 aromatic rings. The number of anilines is 1. The van der Waals surface area contributed by atoms with Crippen molar-refractivity contribution in [3.63, 3.8) is 0 Å². The number of aryl methyl sites for hydroxylation is 1. The summed E-state index contributed by atoms with van der Waals surface area (Å²) < 4.78 is 0. The van der Waals surface area contributed by atoms with Crippen molar-refractivity contribution in [3.05, 3.63) is 29.8 Å². The first-order valence-corrected chi connectivity index (χ1v) is 6.73. The Labute approximate surface area is 105 Å². The summed E-state index contributed by atoms with van der Waals surface area (Å²) in [6.45, 7) is 9.03. The van der Waals surface area contributed by atoms with Crippen LogP contribution < -0.4 is 10.2 Å². The lowest BCUT2D eigenvalue weighted by molar-refractivity contribution is 0.404. The van der Waals surface area contributed by atoms with Crippen LogP contribution in [0.15, 0.2) is 24.3 Å². The first-order chi connectivity index (χ1) is 8.15. The van der Waals surface area contributed by atoms with Gasteiger partial charge in [0, 0.05) is 30.9 Å². The average Bonchev–Trinajstić information content (AvgIpc) is 2.28. The fraction of sp³-hybridized carbons (Fsp3) is 0.600. The molecular formula is C15H24N2. The van der Waals surface area contributed by atoms with Crippen LogP contribution in [-0.4, -0.2) is 25.2 Å². The topological polar surface area (TPSA) is 15.3 Å². The Bertz CT molecular complexity index is 332. The van der Waals surface area contributed by atoms with Crippen molar-refractivity contribution in [2.75, 3.05) is 18.0 Å². The van der Waals surface area contributed by atoms with Crippen molar-refractivity contribution < 1.29 is 0 Å². The normalized spacial score (nSPS) is 26.4. The lowest BCUT2D eigenvalue weighted by Gasteiger charge is -2.32. The number of benzene rings is 1. The van der Waals surface area contributed by atoms with Gasteiger partial charge in [-0.15, -0.1) is 0 Å². The maximum absolute atomic E-state index is 3.64. The van der Waals surface area contributed by atoms with Crippen LogP contribution in [0.5, 0.6) is 0 Å². The second-order valence-electron chi connectivity index (χ2n) is 5.37. The third kappa shape index (κ3) is 3.47. The van der Waals surface area contributed by atoms with E-state index < -0.39 is 0 Å². The van der Waals surface area contributed by atoms with Gasteiger partial charge in [0.25, 0.3) is 0 Å². The molecule has 0 bridgehead atoms. The van der Waals surface area contributed by atoms with E-state index in [0.717, 1.165) is 13.1 Å². The van der Waals surface area contributed by atoms with Gasteiger partial charge in [-0.25, -0.2) is 0 Å². The van der Waals surface area contributed by atoms with Crippen molar-refractivity contribution in [2.45, 2.75) is 45.7 Å². The zero-order valence-corrected chi connectivity index (χ0v) is 11.2. The average molecular weight is 232 g/mol. The molecule has 94 valence electrons. The third-order valence-electron chi connectivity index (χ3n) is 3.63. The number of nitrogens with one attached hydrogen (secondary N) is 1. The van der Waals surface area contributed by atoms with Crippen LogP contribution in [-0.2, 0) is 0 Å². The second-order valence-corrected chi connectivity index (χ2v) is 5.37. The monoisotopic (exact) mass is 232 g/mol. The summed E-state index contributed by atoms with van der Waals surface area (Å²) in [5.74, 6) is 0. The van der Waals surface area contributed by atoms with E-state index in [9.17, 15) is 0 Å². The Balaban J connectivity index is 2.06. The lowest BCUT2D eigenvalue weighted by atomic mass is 10.1. The van der Waals surface area contributed by atoms with Gasteiger partial charge in [-0.05, 0) is 45.7 Å². The summed E-state index contributed by atoms with van der Waals surface area (Å²) >= 11 is 0. The summed E-state index contributed by atoms with van der Waals surface area (Å²) in [6.07, 6.45) is 2.44. The van der Waals surface area contributed by atoms with E-state index in [0.29, 0.717) is 12.1 Å². The Kier molecular flexibility index (Phi) is 4.06. The van der Waals surface area contributed by atoms with Crippen LogP contribution >= 0.6 is 0 Å². The zero-order valence-electron chi connectivity index (χ0n) is 11.2. The van der Waals surface area contributed by atoms with Crippen molar-refractivity contribution >= 4 is 5.69 Å². The molecular weight excluding hydrogens is 208 g/mol. The van der Waals surface area contributed by atoms with Gasteiger partial charge in [-0.1, -0.05) is 17.7 Å². The maximum Gasteiger partial charge on any atom is 0.0366 e. The minimum atomic E-state index is 0.623. The van der Waals surface area contributed by atoms with Gasteiger partial charge in [-0.2, -0.15) is 0 Å². The van der Waals surface area contributed by atoms with Crippen LogP contribution in [0.4, 0.5) is 5.69 Å². The molecule has 1 aliphatic rings. The molecule has 2 unspecified atom stereocenters.